The summed E-state index contributed by atoms with van der Waals surface area (Å²) in [5.74, 6) is 0.00953. The molecule has 1 heterocycles. The van der Waals surface area contributed by atoms with Gasteiger partial charge < -0.3 is 25.6 Å². The highest BCUT2D eigenvalue weighted by atomic mass is 16.5. The van der Waals surface area contributed by atoms with Crippen molar-refractivity contribution >= 4 is 11.9 Å². The van der Waals surface area contributed by atoms with Crippen molar-refractivity contribution in [3.05, 3.63) is 72.1 Å². The van der Waals surface area contributed by atoms with E-state index in [2.05, 4.69) is 10.4 Å². The first-order valence-corrected chi connectivity index (χ1v) is 9.97. The first-order valence-electron chi connectivity index (χ1n) is 9.97. The predicted octanol–water partition coefficient (Wildman–Crippen LogP) is 2.80. The highest BCUT2D eigenvalue weighted by molar-refractivity contribution is 5.95. The second-order valence-electron chi connectivity index (χ2n) is 6.73. The van der Waals surface area contributed by atoms with Gasteiger partial charge >= 0.3 is 0 Å². The Morgan fingerprint density at radius 3 is 2.53 bits per heavy atom. The number of methoxy groups -OCH3 is 1. The molecule has 170 valence electrons. The molecule has 3 rings (SSSR count). The minimum atomic E-state index is -0.833. The molecule has 2 aromatic carbocycles. The normalized spacial score (nSPS) is 11.0. The molecule has 0 bridgehead atoms. The average Bonchev–Trinajstić information content (AvgIpc) is 3.32. The Kier molecular flexibility index (Phi) is 9.24. The van der Waals surface area contributed by atoms with Crippen LogP contribution in [0.3, 0.4) is 0 Å². The van der Waals surface area contributed by atoms with Crippen molar-refractivity contribution in [2.45, 2.75) is 19.9 Å². The number of hydrogen-bond acceptors (Lipinski definition) is 6. The van der Waals surface area contributed by atoms with Crippen LogP contribution in [0.5, 0.6) is 11.5 Å². The molecule has 0 aliphatic carbocycles. The third-order valence-electron chi connectivity index (χ3n) is 4.30. The maximum atomic E-state index is 12.8. The molecule has 1 amide bonds. The van der Waals surface area contributed by atoms with Gasteiger partial charge in [-0.05, 0) is 42.8 Å². The molecule has 0 aliphatic heterocycles. The smallest absolute Gasteiger partial charge is 0.300 e. The summed E-state index contributed by atoms with van der Waals surface area (Å²) in [5.41, 5.74) is 7.86. The van der Waals surface area contributed by atoms with Crippen molar-refractivity contribution in [2.75, 3.05) is 20.3 Å². The molecule has 0 saturated carbocycles. The average molecular weight is 441 g/mol. The van der Waals surface area contributed by atoms with Crippen LogP contribution in [0, 0.1) is 0 Å². The molecule has 0 saturated heterocycles. The van der Waals surface area contributed by atoms with Gasteiger partial charge in [-0.15, -0.1) is 0 Å². The number of aliphatic carboxylic acids is 1. The van der Waals surface area contributed by atoms with E-state index in [1.807, 2.05) is 43.5 Å². The summed E-state index contributed by atoms with van der Waals surface area (Å²) >= 11 is 0. The third-order valence-corrected chi connectivity index (χ3v) is 4.30. The number of nitrogens with zero attached hydrogens (tertiary/aromatic N) is 2. The van der Waals surface area contributed by atoms with Gasteiger partial charge in [0.25, 0.3) is 11.9 Å². The lowest BCUT2D eigenvalue weighted by Gasteiger charge is -2.18. The SMILES string of the molecule is CC(=O)O.COc1ccc(C(=O)NC(C)c2ccccc2-n2cccn2)cc1OCCN. The van der Waals surface area contributed by atoms with Crippen molar-refractivity contribution in [3.63, 3.8) is 0 Å². The Labute approximate surface area is 186 Å². The Bertz CT molecular complexity index is 1020. The van der Waals surface area contributed by atoms with E-state index in [-0.39, 0.29) is 11.9 Å². The molecule has 1 aromatic heterocycles. The second-order valence-corrected chi connectivity index (χ2v) is 6.73. The number of benzene rings is 2. The second kappa shape index (κ2) is 12.1. The van der Waals surface area contributed by atoms with Gasteiger partial charge in [-0.25, -0.2) is 4.68 Å². The summed E-state index contributed by atoms with van der Waals surface area (Å²) in [5, 5.41) is 14.7. The molecule has 0 fully saturated rings. The number of amides is 1. The Morgan fingerprint density at radius 1 is 1.19 bits per heavy atom. The van der Waals surface area contributed by atoms with Crippen LogP contribution in [0.2, 0.25) is 0 Å². The summed E-state index contributed by atoms with van der Waals surface area (Å²) in [6.07, 6.45) is 3.60. The largest absolute Gasteiger partial charge is 0.493 e. The predicted molar refractivity (Wildman–Crippen MR) is 120 cm³/mol. The number of nitrogens with one attached hydrogen (secondary N) is 1. The molecule has 32 heavy (non-hydrogen) atoms. The number of carbonyl (C=O) groups is 2. The zero-order valence-corrected chi connectivity index (χ0v) is 18.3. The van der Waals surface area contributed by atoms with E-state index in [4.69, 9.17) is 25.1 Å². The van der Waals surface area contributed by atoms with Gasteiger partial charge in [0.1, 0.15) is 6.61 Å². The van der Waals surface area contributed by atoms with E-state index in [9.17, 15) is 4.79 Å². The quantitative estimate of drug-likeness (QED) is 0.491. The summed E-state index contributed by atoms with van der Waals surface area (Å²) in [4.78, 5) is 21.8. The third kappa shape index (κ3) is 6.85. The molecular weight excluding hydrogens is 412 g/mol. The number of aromatic nitrogens is 2. The van der Waals surface area contributed by atoms with Crippen LogP contribution in [0.15, 0.2) is 60.9 Å². The number of nitrogens with two attached hydrogens (primary N) is 1. The Hall–Kier alpha value is -3.85. The molecule has 0 aliphatic rings. The molecule has 0 spiro atoms. The fraction of sp³-hybridized carbons (Fsp3) is 0.261. The molecule has 0 radical (unpaired) electrons. The van der Waals surface area contributed by atoms with Gasteiger partial charge in [0.2, 0.25) is 0 Å². The summed E-state index contributed by atoms with van der Waals surface area (Å²) in [6, 6.07) is 14.6. The van der Waals surface area contributed by atoms with Crippen LogP contribution < -0.4 is 20.5 Å². The summed E-state index contributed by atoms with van der Waals surface area (Å²) in [7, 11) is 1.55. The van der Waals surface area contributed by atoms with E-state index in [1.165, 1.54) is 0 Å². The zero-order chi connectivity index (χ0) is 23.5. The van der Waals surface area contributed by atoms with Crippen LogP contribution >= 0.6 is 0 Å². The van der Waals surface area contributed by atoms with E-state index in [0.29, 0.717) is 30.2 Å². The fourth-order valence-electron chi connectivity index (χ4n) is 2.93. The van der Waals surface area contributed by atoms with Gasteiger partial charge in [0.05, 0.1) is 18.8 Å². The van der Waals surface area contributed by atoms with E-state index in [1.54, 1.807) is 36.2 Å². The molecular formula is C23H28N4O5. The van der Waals surface area contributed by atoms with E-state index in [0.717, 1.165) is 18.2 Å². The number of ether oxygens (including phenoxy) is 2. The van der Waals surface area contributed by atoms with Gasteiger partial charge in [-0.1, -0.05) is 18.2 Å². The van der Waals surface area contributed by atoms with Crippen LogP contribution in [0.25, 0.3) is 5.69 Å². The van der Waals surface area contributed by atoms with Gasteiger partial charge in [0.15, 0.2) is 11.5 Å². The summed E-state index contributed by atoms with van der Waals surface area (Å²) in [6.45, 7) is 3.74. The topological polar surface area (TPSA) is 129 Å². The van der Waals surface area contributed by atoms with Gasteiger partial charge in [-0.3, -0.25) is 9.59 Å². The number of hydrogen-bond donors (Lipinski definition) is 3. The van der Waals surface area contributed by atoms with Crippen molar-refractivity contribution in [1.82, 2.24) is 15.1 Å². The Balaban J connectivity index is 0.000000837. The molecule has 1 unspecified atom stereocenters. The fourth-order valence-corrected chi connectivity index (χ4v) is 2.93. The van der Waals surface area contributed by atoms with E-state index < -0.39 is 5.97 Å². The highest BCUT2D eigenvalue weighted by Gasteiger charge is 2.17. The van der Waals surface area contributed by atoms with Crippen molar-refractivity contribution in [2.24, 2.45) is 5.73 Å². The highest BCUT2D eigenvalue weighted by Crippen LogP contribution is 2.28. The van der Waals surface area contributed by atoms with Crippen LogP contribution in [0.4, 0.5) is 0 Å². The lowest BCUT2D eigenvalue weighted by atomic mass is 10.1. The van der Waals surface area contributed by atoms with Crippen molar-refractivity contribution in [3.8, 4) is 17.2 Å². The Morgan fingerprint density at radius 2 is 1.91 bits per heavy atom. The monoisotopic (exact) mass is 440 g/mol. The number of carboxylic acid groups (broad SMARTS) is 1. The minimum Gasteiger partial charge on any atom is -0.493 e. The zero-order valence-electron chi connectivity index (χ0n) is 18.3. The molecule has 3 aromatic rings. The number of carbonyl (C=O) groups excluding carboxylic acids is 1. The van der Waals surface area contributed by atoms with Crippen LogP contribution in [-0.4, -0.2) is 47.0 Å². The van der Waals surface area contributed by atoms with Crippen LogP contribution in [0.1, 0.15) is 35.8 Å². The first kappa shape index (κ1) is 24.4. The van der Waals surface area contributed by atoms with Crippen molar-refractivity contribution in [1.29, 1.82) is 0 Å². The maximum Gasteiger partial charge on any atom is 0.300 e. The standard InChI is InChI=1S/C21H24N4O3.C2H4O2/c1-15(17-6-3-4-7-18(17)25-12-5-11-23-25)24-21(26)16-8-9-19(27-2)20(14-16)28-13-10-22;1-2(3)4/h3-9,11-12,14-15H,10,13,22H2,1-2H3,(H,24,26);1H3,(H,3,4). The number of para-hydroxylation sites is 1. The molecule has 1 atom stereocenters. The lowest BCUT2D eigenvalue weighted by molar-refractivity contribution is -0.134. The minimum absolute atomic E-state index is 0.206. The van der Waals surface area contributed by atoms with Gasteiger partial charge in [0, 0.05) is 31.4 Å². The molecule has 9 heteroatoms. The number of carboxylic acids is 1. The number of rotatable bonds is 8. The summed E-state index contributed by atoms with van der Waals surface area (Å²) < 4.78 is 12.6. The molecule has 4 N–H and O–H groups in total. The van der Waals surface area contributed by atoms with Crippen LogP contribution in [-0.2, 0) is 4.79 Å². The van der Waals surface area contributed by atoms with E-state index >= 15 is 0 Å². The lowest BCUT2D eigenvalue weighted by Crippen LogP contribution is -2.27. The molecule has 9 nitrogen and oxygen atoms in total. The van der Waals surface area contributed by atoms with Gasteiger partial charge in [-0.2, -0.15) is 5.10 Å². The first-order chi connectivity index (χ1) is 15.4. The van der Waals surface area contributed by atoms with Crippen molar-refractivity contribution < 1.29 is 24.2 Å². The maximum absolute atomic E-state index is 12.8.